The maximum Gasteiger partial charge on any atom is 0.407 e. The lowest BCUT2D eigenvalue weighted by molar-refractivity contribution is 0.115. The number of hydrogen-bond donors (Lipinski definition) is 1. The van der Waals surface area contributed by atoms with Crippen LogP contribution in [0.2, 0.25) is 0 Å². The first-order valence-corrected chi connectivity index (χ1v) is 4.97. The van der Waals surface area contributed by atoms with Gasteiger partial charge in [-0.05, 0) is 6.07 Å². The summed E-state index contributed by atoms with van der Waals surface area (Å²) < 4.78 is 23.3. The third-order valence-corrected chi connectivity index (χ3v) is 2.51. The fourth-order valence-electron chi connectivity index (χ4n) is 1.68. The molecule has 2 rings (SSSR count). The van der Waals surface area contributed by atoms with Crippen LogP contribution >= 0.6 is 0 Å². The van der Waals surface area contributed by atoms with Gasteiger partial charge in [-0.3, -0.25) is 0 Å². The summed E-state index contributed by atoms with van der Waals surface area (Å²) in [6, 6.07) is 4.26. The molecular weight excluding hydrogens is 213 g/mol. The first kappa shape index (κ1) is 10.7. The number of ether oxygens (including phenoxy) is 2. The summed E-state index contributed by atoms with van der Waals surface area (Å²) in [4.78, 5) is 11.0. The van der Waals surface area contributed by atoms with Gasteiger partial charge in [0.25, 0.3) is 0 Å². The molecule has 1 atom stereocenters. The standard InChI is InChI=1S/C11H12FNO3/c1-15-7-2-3-8(9(12)6-7)10-4-5-16-11(14)13-10/h2-3,6,10H,4-5H2,1H3,(H,13,14)/t10-/m1/s1. The highest BCUT2D eigenvalue weighted by molar-refractivity contribution is 5.68. The molecular formula is C11H12FNO3. The molecule has 1 N–H and O–H groups in total. The molecule has 16 heavy (non-hydrogen) atoms. The number of hydrogen-bond acceptors (Lipinski definition) is 3. The monoisotopic (exact) mass is 225 g/mol. The third-order valence-electron chi connectivity index (χ3n) is 2.51. The lowest BCUT2D eigenvalue weighted by Gasteiger charge is -2.24. The molecule has 5 heteroatoms. The molecule has 1 aromatic rings. The van der Waals surface area contributed by atoms with Crippen molar-refractivity contribution in [2.75, 3.05) is 13.7 Å². The van der Waals surface area contributed by atoms with E-state index in [2.05, 4.69) is 5.32 Å². The van der Waals surface area contributed by atoms with E-state index in [0.29, 0.717) is 24.3 Å². The molecule has 86 valence electrons. The smallest absolute Gasteiger partial charge is 0.407 e. The van der Waals surface area contributed by atoms with Crippen LogP contribution in [-0.2, 0) is 4.74 Å². The second-order valence-corrected chi connectivity index (χ2v) is 3.51. The van der Waals surface area contributed by atoms with Crippen LogP contribution in [0.4, 0.5) is 9.18 Å². The molecule has 1 amide bonds. The van der Waals surface area contributed by atoms with Gasteiger partial charge in [0, 0.05) is 18.1 Å². The first-order chi connectivity index (χ1) is 7.70. The van der Waals surface area contributed by atoms with E-state index in [1.165, 1.54) is 13.2 Å². The number of methoxy groups -OCH3 is 1. The molecule has 1 aromatic carbocycles. The number of benzene rings is 1. The normalized spacial score (nSPS) is 19.9. The Labute approximate surface area is 92.4 Å². The van der Waals surface area contributed by atoms with E-state index < -0.39 is 6.09 Å². The quantitative estimate of drug-likeness (QED) is 0.837. The van der Waals surface area contributed by atoms with Crippen LogP contribution < -0.4 is 10.1 Å². The number of carbonyl (C=O) groups is 1. The molecule has 0 bridgehead atoms. The molecule has 0 aromatic heterocycles. The Morgan fingerprint density at radius 1 is 1.56 bits per heavy atom. The molecule has 1 fully saturated rings. The van der Waals surface area contributed by atoms with E-state index in [1.54, 1.807) is 12.1 Å². The summed E-state index contributed by atoms with van der Waals surface area (Å²) in [5, 5.41) is 2.57. The van der Waals surface area contributed by atoms with Gasteiger partial charge in [0.2, 0.25) is 0 Å². The summed E-state index contributed by atoms with van der Waals surface area (Å²) in [7, 11) is 1.48. The van der Waals surface area contributed by atoms with Gasteiger partial charge in [0.05, 0.1) is 19.8 Å². The number of cyclic esters (lactones) is 1. The zero-order chi connectivity index (χ0) is 11.5. The molecule has 0 aliphatic carbocycles. The number of alkyl carbamates (subject to hydrolysis) is 1. The second-order valence-electron chi connectivity index (χ2n) is 3.51. The van der Waals surface area contributed by atoms with Crippen LogP contribution in [0.5, 0.6) is 5.75 Å². The number of amides is 1. The zero-order valence-electron chi connectivity index (χ0n) is 8.83. The van der Waals surface area contributed by atoms with E-state index >= 15 is 0 Å². The van der Waals surface area contributed by atoms with Gasteiger partial charge in [0.15, 0.2) is 0 Å². The van der Waals surface area contributed by atoms with E-state index in [9.17, 15) is 9.18 Å². The number of halogens is 1. The third kappa shape index (κ3) is 2.08. The maximum atomic E-state index is 13.7. The second kappa shape index (κ2) is 4.38. The summed E-state index contributed by atoms with van der Waals surface area (Å²) >= 11 is 0. The van der Waals surface area contributed by atoms with Crippen molar-refractivity contribution < 1.29 is 18.7 Å². The van der Waals surface area contributed by atoms with Crippen LogP contribution in [0.3, 0.4) is 0 Å². The van der Waals surface area contributed by atoms with Gasteiger partial charge in [-0.25, -0.2) is 9.18 Å². The minimum atomic E-state index is -0.508. The Bertz CT molecular complexity index is 408. The van der Waals surface area contributed by atoms with Crippen molar-refractivity contribution in [3.05, 3.63) is 29.6 Å². The fourth-order valence-corrected chi connectivity index (χ4v) is 1.68. The lowest BCUT2D eigenvalue weighted by Crippen LogP contribution is -2.35. The maximum absolute atomic E-state index is 13.7. The Morgan fingerprint density at radius 3 is 3.00 bits per heavy atom. The van der Waals surface area contributed by atoms with E-state index in [0.717, 1.165) is 0 Å². The molecule has 0 spiro atoms. The minimum absolute atomic E-state index is 0.308. The van der Waals surface area contributed by atoms with Gasteiger partial charge in [-0.1, -0.05) is 6.07 Å². The molecule has 0 radical (unpaired) electrons. The molecule has 1 aliphatic rings. The zero-order valence-corrected chi connectivity index (χ0v) is 8.83. The van der Waals surface area contributed by atoms with Crippen LogP contribution in [0.25, 0.3) is 0 Å². The van der Waals surface area contributed by atoms with Gasteiger partial charge < -0.3 is 14.8 Å². The largest absolute Gasteiger partial charge is 0.497 e. The van der Waals surface area contributed by atoms with E-state index in [4.69, 9.17) is 9.47 Å². The van der Waals surface area contributed by atoms with E-state index in [-0.39, 0.29) is 11.9 Å². The van der Waals surface area contributed by atoms with Crippen LogP contribution in [0.15, 0.2) is 18.2 Å². The topological polar surface area (TPSA) is 47.6 Å². The van der Waals surface area contributed by atoms with E-state index in [1.807, 2.05) is 0 Å². The molecule has 1 saturated heterocycles. The fraction of sp³-hybridized carbons (Fsp3) is 0.364. The lowest BCUT2D eigenvalue weighted by atomic mass is 10.0. The summed E-state index contributed by atoms with van der Waals surface area (Å²) in [5.41, 5.74) is 0.456. The first-order valence-electron chi connectivity index (χ1n) is 4.97. The predicted molar refractivity (Wildman–Crippen MR) is 54.8 cm³/mol. The minimum Gasteiger partial charge on any atom is -0.497 e. The van der Waals surface area contributed by atoms with Crippen LogP contribution in [-0.4, -0.2) is 19.8 Å². The number of carbonyl (C=O) groups excluding carboxylic acids is 1. The highest BCUT2D eigenvalue weighted by Gasteiger charge is 2.23. The van der Waals surface area contributed by atoms with Crippen molar-refractivity contribution in [1.82, 2.24) is 5.32 Å². The van der Waals surface area contributed by atoms with Gasteiger partial charge in [-0.2, -0.15) is 0 Å². The van der Waals surface area contributed by atoms with Crippen molar-refractivity contribution in [2.45, 2.75) is 12.5 Å². The van der Waals surface area contributed by atoms with Crippen LogP contribution in [0, 0.1) is 5.82 Å². The number of rotatable bonds is 2. The summed E-state index contributed by atoms with van der Waals surface area (Å²) in [6.45, 7) is 0.308. The average molecular weight is 225 g/mol. The van der Waals surface area contributed by atoms with Crippen molar-refractivity contribution in [3.63, 3.8) is 0 Å². The number of nitrogens with one attached hydrogen (secondary N) is 1. The molecule has 0 unspecified atom stereocenters. The molecule has 0 saturated carbocycles. The van der Waals surface area contributed by atoms with Crippen molar-refractivity contribution in [1.29, 1.82) is 0 Å². The highest BCUT2D eigenvalue weighted by atomic mass is 19.1. The van der Waals surface area contributed by atoms with Gasteiger partial charge in [-0.15, -0.1) is 0 Å². The van der Waals surface area contributed by atoms with Crippen molar-refractivity contribution >= 4 is 6.09 Å². The Kier molecular flexibility index (Phi) is 2.94. The summed E-state index contributed by atoms with van der Waals surface area (Å²) in [6.07, 6.45) is 0.0566. The van der Waals surface area contributed by atoms with Crippen molar-refractivity contribution in [3.8, 4) is 5.75 Å². The van der Waals surface area contributed by atoms with Crippen LogP contribution in [0.1, 0.15) is 18.0 Å². The molecule has 1 heterocycles. The highest BCUT2D eigenvalue weighted by Crippen LogP contribution is 2.25. The predicted octanol–water partition coefficient (Wildman–Crippen LogP) is 2.01. The Hall–Kier alpha value is -1.78. The van der Waals surface area contributed by atoms with Crippen molar-refractivity contribution in [2.24, 2.45) is 0 Å². The SMILES string of the molecule is COc1ccc([C@H]2CCOC(=O)N2)c(F)c1. The average Bonchev–Trinajstić information content (AvgIpc) is 2.28. The van der Waals surface area contributed by atoms with Gasteiger partial charge >= 0.3 is 6.09 Å². The summed E-state index contributed by atoms with van der Waals surface area (Å²) in [5.74, 6) is 0.0752. The molecule has 4 nitrogen and oxygen atoms in total. The van der Waals surface area contributed by atoms with Gasteiger partial charge in [0.1, 0.15) is 11.6 Å². The Balaban J connectivity index is 2.22. The Morgan fingerprint density at radius 2 is 2.38 bits per heavy atom. The molecule has 1 aliphatic heterocycles.